The average molecular weight is 395 g/mol. The molecule has 0 saturated heterocycles. The molecule has 0 bridgehead atoms. The number of nitrogens with one attached hydrogen (secondary N) is 1. The van der Waals surface area contributed by atoms with Crippen molar-refractivity contribution in [2.24, 2.45) is 5.10 Å². The molecule has 0 unspecified atom stereocenters. The summed E-state index contributed by atoms with van der Waals surface area (Å²) in [5.74, 6) is 0.505. The van der Waals surface area contributed by atoms with Crippen molar-refractivity contribution in [1.29, 1.82) is 0 Å². The van der Waals surface area contributed by atoms with Crippen LogP contribution in [0.5, 0.6) is 11.5 Å². The number of benzene rings is 2. The van der Waals surface area contributed by atoms with Crippen LogP contribution in [0.25, 0.3) is 0 Å². The van der Waals surface area contributed by atoms with Crippen molar-refractivity contribution >= 4 is 28.1 Å². The molecule has 24 heavy (non-hydrogen) atoms. The number of halogens is 2. The van der Waals surface area contributed by atoms with Gasteiger partial charge in [-0.05, 0) is 45.8 Å². The van der Waals surface area contributed by atoms with E-state index in [0.29, 0.717) is 11.5 Å². The monoisotopic (exact) mass is 394 g/mol. The van der Waals surface area contributed by atoms with Crippen LogP contribution in [0.4, 0.5) is 4.39 Å². The Morgan fingerprint density at radius 2 is 2.00 bits per heavy atom. The van der Waals surface area contributed by atoms with Crippen LogP contribution < -0.4 is 14.9 Å². The Morgan fingerprint density at radius 3 is 2.62 bits per heavy atom. The Hall–Kier alpha value is -2.41. The van der Waals surface area contributed by atoms with Gasteiger partial charge in [-0.2, -0.15) is 5.10 Å². The summed E-state index contributed by atoms with van der Waals surface area (Å²) in [5, 5.41) is 3.82. The van der Waals surface area contributed by atoms with Crippen LogP contribution in [-0.4, -0.2) is 19.2 Å². The zero-order chi connectivity index (χ0) is 17.5. The Labute approximate surface area is 147 Å². The zero-order valence-electron chi connectivity index (χ0n) is 13.2. The zero-order valence-corrected chi connectivity index (χ0v) is 14.8. The molecule has 5 nitrogen and oxygen atoms in total. The normalized spacial score (nSPS) is 10.7. The van der Waals surface area contributed by atoms with Crippen molar-refractivity contribution in [1.82, 2.24) is 5.43 Å². The third kappa shape index (κ3) is 5.06. The second-order valence-corrected chi connectivity index (χ2v) is 5.72. The number of hydrogen-bond donors (Lipinski definition) is 1. The first kappa shape index (κ1) is 17.9. The molecule has 1 amide bonds. The third-order valence-electron chi connectivity index (χ3n) is 3.02. The van der Waals surface area contributed by atoms with Crippen LogP contribution in [0.3, 0.4) is 0 Å². The van der Waals surface area contributed by atoms with Crippen LogP contribution in [0.1, 0.15) is 18.1 Å². The number of hydrogen-bond acceptors (Lipinski definition) is 4. The lowest BCUT2D eigenvalue weighted by Crippen LogP contribution is -2.12. The number of ether oxygens (including phenoxy) is 2. The highest BCUT2D eigenvalue weighted by Gasteiger charge is 2.10. The molecule has 0 heterocycles. The molecule has 2 aromatic carbocycles. The Kier molecular flexibility index (Phi) is 6.31. The Bertz CT molecular complexity index is 748. The van der Waals surface area contributed by atoms with Crippen LogP contribution in [0.15, 0.2) is 46.0 Å². The summed E-state index contributed by atoms with van der Waals surface area (Å²) in [6, 6.07) is 9.56. The smallest absolute Gasteiger partial charge is 0.236 e. The summed E-state index contributed by atoms with van der Waals surface area (Å²) in [6.45, 7) is 1.65. The lowest BCUT2D eigenvalue weighted by atomic mass is 10.2. The summed E-state index contributed by atoms with van der Waals surface area (Å²) in [6.07, 6.45) is 1.50. The van der Waals surface area contributed by atoms with Gasteiger partial charge in [0.05, 0.1) is 13.3 Å². The van der Waals surface area contributed by atoms with E-state index in [0.717, 1.165) is 15.6 Å². The number of rotatable bonds is 6. The first-order chi connectivity index (χ1) is 11.5. The largest absolute Gasteiger partial charge is 0.493 e. The van der Waals surface area contributed by atoms with Crippen LogP contribution in [0.2, 0.25) is 0 Å². The molecule has 0 saturated carbocycles. The molecule has 126 valence electrons. The minimum Gasteiger partial charge on any atom is -0.493 e. The minimum atomic E-state index is -0.290. The molecule has 0 aliphatic carbocycles. The lowest BCUT2D eigenvalue weighted by molar-refractivity contribution is -0.118. The molecule has 0 aliphatic rings. The molecule has 0 atom stereocenters. The predicted molar refractivity (Wildman–Crippen MR) is 92.8 cm³/mol. The van der Waals surface area contributed by atoms with Crippen molar-refractivity contribution in [3.05, 3.63) is 57.8 Å². The summed E-state index contributed by atoms with van der Waals surface area (Å²) >= 11 is 3.42. The molecule has 7 heteroatoms. The van der Waals surface area contributed by atoms with E-state index < -0.39 is 0 Å². The molecule has 1 N–H and O–H groups in total. The van der Waals surface area contributed by atoms with Gasteiger partial charge in [0.15, 0.2) is 11.5 Å². The van der Waals surface area contributed by atoms with Gasteiger partial charge in [0.25, 0.3) is 0 Å². The molecular formula is C17H16BrFN2O3. The second kappa shape index (κ2) is 8.44. The number of nitrogens with zero attached hydrogens (tertiary/aromatic N) is 1. The molecule has 0 aliphatic heterocycles. The minimum absolute atomic E-state index is 0.256. The number of amides is 1. The quantitative estimate of drug-likeness (QED) is 0.600. The summed E-state index contributed by atoms with van der Waals surface area (Å²) in [7, 11) is 1.53. The summed E-state index contributed by atoms with van der Waals surface area (Å²) in [4.78, 5) is 10.8. The Morgan fingerprint density at radius 1 is 1.29 bits per heavy atom. The molecule has 0 fully saturated rings. The molecule has 2 rings (SSSR count). The third-order valence-corrected chi connectivity index (χ3v) is 3.70. The molecule has 0 radical (unpaired) electrons. The van der Waals surface area contributed by atoms with Gasteiger partial charge in [-0.15, -0.1) is 0 Å². The van der Waals surface area contributed by atoms with Crippen molar-refractivity contribution in [3.8, 4) is 11.5 Å². The van der Waals surface area contributed by atoms with Crippen molar-refractivity contribution in [3.63, 3.8) is 0 Å². The highest BCUT2D eigenvalue weighted by Crippen LogP contribution is 2.33. The van der Waals surface area contributed by atoms with E-state index >= 15 is 0 Å². The van der Waals surface area contributed by atoms with E-state index in [1.807, 2.05) is 0 Å². The van der Waals surface area contributed by atoms with Gasteiger partial charge in [0, 0.05) is 17.0 Å². The van der Waals surface area contributed by atoms with Gasteiger partial charge < -0.3 is 9.47 Å². The van der Waals surface area contributed by atoms with Crippen LogP contribution in [-0.2, 0) is 11.4 Å². The average Bonchev–Trinajstić information content (AvgIpc) is 2.55. The Balaban J connectivity index is 2.15. The fraction of sp³-hybridized carbons (Fsp3) is 0.176. The highest BCUT2D eigenvalue weighted by molar-refractivity contribution is 9.10. The fourth-order valence-corrected chi connectivity index (χ4v) is 2.28. The molecule has 0 spiro atoms. The number of methoxy groups -OCH3 is 1. The van der Waals surface area contributed by atoms with E-state index in [2.05, 4.69) is 26.5 Å². The molecule has 0 aromatic heterocycles. The summed E-state index contributed by atoms with van der Waals surface area (Å²) < 4.78 is 24.7. The van der Waals surface area contributed by atoms with Crippen LogP contribution in [0, 0.1) is 5.82 Å². The molecular weight excluding hydrogens is 379 g/mol. The first-order valence-corrected chi connectivity index (χ1v) is 7.83. The van der Waals surface area contributed by atoms with Gasteiger partial charge in [0.2, 0.25) is 5.91 Å². The van der Waals surface area contributed by atoms with Gasteiger partial charge in [-0.25, -0.2) is 9.82 Å². The summed E-state index contributed by atoms with van der Waals surface area (Å²) in [5.41, 5.74) is 3.89. The van der Waals surface area contributed by atoms with Crippen molar-refractivity contribution < 1.29 is 18.7 Å². The lowest BCUT2D eigenvalue weighted by Gasteiger charge is -2.12. The highest BCUT2D eigenvalue weighted by atomic mass is 79.9. The maximum Gasteiger partial charge on any atom is 0.236 e. The SMILES string of the molecule is COc1cc(/C=N\NC(C)=O)c(Br)cc1OCc1ccc(F)cc1. The van der Waals surface area contributed by atoms with E-state index in [4.69, 9.17) is 9.47 Å². The van der Waals surface area contributed by atoms with Crippen LogP contribution >= 0.6 is 15.9 Å². The molecule has 2 aromatic rings. The van der Waals surface area contributed by atoms with E-state index in [-0.39, 0.29) is 18.3 Å². The van der Waals surface area contributed by atoms with E-state index in [1.54, 1.807) is 24.3 Å². The predicted octanol–water partition coefficient (Wildman–Crippen LogP) is 3.65. The number of carbonyl (C=O) groups is 1. The van der Waals surface area contributed by atoms with Crippen molar-refractivity contribution in [2.75, 3.05) is 7.11 Å². The van der Waals surface area contributed by atoms with Gasteiger partial charge in [-0.3, -0.25) is 4.79 Å². The van der Waals surface area contributed by atoms with E-state index in [1.165, 1.54) is 32.4 Å². The van der Waals surface area contributed by atoms with Crippen molar-refractivity contribution in [2.45, 2.75) is 13.5 Å². The standard InChI is InChI=1S/C17H16BrFN2O3/c1-11(22)21-20-9-13-7-16(23-2)17(8-15(13)18)24-10-12-3-5-14(19)6-4-12/h3-9H,10H2,1-2H3,(H,21,22)/b20-9-. The first-order valence-electron chi connectivity index (χ1n) is 7.04. The van der Waals surface area contributed by atoms with E-state index in [9.17, 15) is 9.18 Å². The van der Waals surface area contributed by atoms with Gasteiger partial charge in [0.1, 0.15) is 12.4 Å². The second-order valence-electron chi connectivity index (χ2n) is 4.87. The maximum atomic E-state index is 12.9. The van der Waals surface area contributed by atoms with Gasteiger partial charge in [-0.1, -0.05) is 12.1 Å². The maximum absolute atomic E-state index is 12.9. The van der Waals surface area contributed by atoms with Gasteiger partial charge >= 0.3 is 0 Å². The topological polar surface area (TPSA) is 59.9 Å². The number of hydrazone groups is 1. The fourth-order valence-electron chi connectivity index (χ4n) is 1.86. The number of carbonyl (C=O) groups excluding carboxylic acids is 1.